The minimum atomic E-state index is -0.838. The first-order valence-corrected chi connectivity index (χ1v) is 5.49. The molecule has 0 spiro atoms. The van der Waals surface area contributed by atoms with Crippen LogP contribution in [-0.2, 0) is 6.42 Å². The molecule has 0 bridgehead atoms. The van der Waals surface area contributed by atoms with Gasteiger partial charge in [-0.2, -0.15) is 0 Å². The lowest BCUT2D eigenvalue weighted by Gasteiger charge is -2.30. The van der Waals surface area contributed by atoms with E-state index in [2.05, 4.69) is 5.32 Å². The highest BCUT2D eigenvalue weighted by Gasteiger charge is 2.19. The van der Waals surface area contributed by atoms with Gasteiger partial charge in [-0.05, 0) is 5.56 Å². The van der Waals surface area contributed by atoms with Crippen LogP contribution in [0.5, 0.6) is 0 Å². The van der Waals surface area contributed by atoms with Gasteiger partial charge in [-0.15, -0.1) is 0 Å². The lowest BCUT2D eigenvalue weighted by molar-refractivity contribution is 0.0706. The Bertz CT molecular complexity index is 283. The van der Waals surface area contributed by atoms with Gasteiger partial charge in [-0.3, -0.25) is 4.90 Å². The van der Waals surface area contributed by atoms with E-state index in [9.17, 15) is 4.39 Å². The summed E-state index contributed by atoms with van der Waals surface area (Å²) in [5.41, 5.74) is 1.07. The van der Waals surface area contributed by atoms with Crippen LogP contribution in [0, 0.1) is 0 Å². The van der Waals surface area contributed by atoms with Gasteiger partial charge in [-0.25, -0.2) is 4.39 Å². The summed E-state index contributed by atoms with van der Waals surface area (Å²) < 4.78 is 13.9. The zero-order chi connectivity index (χ0) is 10.5. The topological polar surface area (TPSA) is 15.3 Å². The molecule has 1 aliphatic heterocycles. The quantitative estimate of drug-likeness (QED) is 0.756. The Labute approximate surface area is 90.1 Å². The summed E-state index contributed by atoms with van der Waals surface area (Å²) >= 11 is 0. The number of piperazine rings is 1. The van der Waals surface area contributed by atoms with Gasteiger partial charge in [0, 0.05) is 32.6 Å². The van der Waals surface area contributed by atoms with E-state index in [1.165, 1.54) is 0 Å². The second kappa shape index (κ2) is 5.24. The van der Waals surface area contributed by atoms with Crippen molar-refractivity contribution in [3.8, 4) is 0 Å². The van der Waals surface area contributed by atoms with Gasteiger partial charge in [0.1, 0.15) is 0 Å². The van der Waals surface area contributed by atoms with Crippen LogP contribution in [0.25, 0.3) is 0 Å². The van der Waals surface area contributed by atoms with E-state index in [1.54, 1.807) is 0 Å². The molecule has 1 aromatic carbocycles. The Balaban J connectivity index is 1.88. The lowest BCUT2D eigenvalue weighted by atomic mass is 10.1. The first-order chi connectivity index (χ1) is 7.36. The highest BCUT2D eigenvalue weighted by molar-refractivity contribution is 5.15. The third-order valence-corrected chi connectivity index (χ3v) is 2.79. The molecule has 1 atom stereocenters. The molecule has 2 nitrogen and oxygen atoms in total. The minimum Gasteiger partial charge on any atom is -0.314 e. The Morgan fingerprint density at radius 1 is 1.20 bits per heavy atom. The third kappa shape index (κ3) is 3.01. The van der Waals surface area contributed by atoms with Crippen molar-refractivity contribution >= 4 is 0 Å². The van der Waals surface area contributed by atoms with Crippen molar-refractivity contribution in [1.82, 2.24) is 10.2 Å². The van der Waals surface area contributed by atoms with Gasteiger partial charge in [0.05, 0.1) is 0 Å². The van der Waals surface area contributed by atoms with Gasteiger partial charge in [-0.1, -0.05) is 30.3 Å². The van der Waals surface area contributed by atoms with Crippen molar-refractivity contribution in [3.63, 3.8) is 0 Å². The fourth-order valence-corrected chi connectivity index (χ4v) is 1.90. The number of hydrogen-bond acceptors (Lipinski definition) is 2. The number of halogens is 1. The predicted molar refractivity (Wildman–Crippen MR) is 59.5 cm³/mol. The van der Waals surface area contributed by atoms with E-state index in [1.807, 2.05) is 35.2 Å². The highest BCUT2D eigenvalue weighted by Crippen LogP contribution is 2.10. The maximum atomic E-state index is 13.9. The van der Waals surface area contributed by atoms with Crippen LogP contribution >= 0.6 is 0 Å². The zero-order valence-corrected chi connectivity index (χ0v) is 8.82. The van der Waals surface area contributed by atoms with E-state index >= 15 is 0 Å². The van der Waals surface area contributed by atoms with Crippen LogP contribution in [0.4, 0.5) is 4.39 Å². The summed E-state index contributed by atoms with van der Waals surface area (Å²) in [5, 5.41) is 3.23. The summed E-state index contributed by atoms with van der Waals surface area (Å²) in [6.07, 6.45) is -0.338. The van der Waals surface area contributed by atoms with Gasteiger partial charge in [0.15, 0.2) is 6.30 Å². The molecule has 2 rings (SSSR count). The zero-order valence-electron chi connectivity index (χ0n) is 8.82. The van der Waals surface area contributed by atoms with Crippen LogP contribution in [0.15, 0.2) is 30.3 Å². The number of hydrogen-bond donors (Lipinski definition) is 1. The van der Waals surface area contributed by atoms with Crippen molar-refractivity contribution in [2.24, 2.45) is 0 Å². The third-order valence-electron chi connectivity index (χ3n) is 2.79. The second-order valence-electron chi connectivity index (χ2n) is 3.91. The Kier molecular flexibility index (Phi) is 3.69. The van der Waals surface area contributed by atoms with E-state index in [0.29, 0.717) is 6.42 Å². The fourth-order valence-electron chi connectivity index (χ4n) is 1.90. The number of nitrogens with zero attached hydrogens (tertiary/aromatic N) is 1. The molecule has 0 saturated carbocycles. The first-order valence-electron chi connectivity index (χ1n) is 5.49. The Hall–Kier alpha value is -0.930. The summed E-state index contributed by atoms with van der Waals surface area (Å²) in [6, 6.07) is 9.84. The molecule has 1 fully saturated rings. The summed E-state index contributed by atoms with van der Waals surface area (Å²) in [6.45, 7) is 3.42. The molecule has 15 heavy (non-hydrogen) atoms. The fraction of sp³-hybridized carbons (Fsp3) is 0.500. The normalized spacial score (nSPS) is 20.1. The molecule has 0 aromatic heterocycles. The Morgan fingerprint density at radius 2 is 1.87 bits per heavy atom. The lowest BCUT2D eigenvalue weighted by Crippen LogP contribution is -2.47. The molecular weight excluding hydrogens is 191 g/mol. The molecule has 0 radical (unpaired) electrons. The summed E-state index contributed by atoms with van der Waals surface area (Å²) in [4.78, 5) is 1.91. The maximum Gasteiger partial charge on any atom is 0.157 e. The standard InChI is InChI=1S/C12H17FN2/c13-12(15-8-6-14-7-9-15)10-11-4-2-1-3-5-11/h1-5,12,14H,6-10H2. The van der Waals surface area contributed by atoms with Crippen molar-refractivity contribution in [1.29, 1.82) is 0 Å². The molecule has 1 unspecified atom stereocenters. The van der Waals surface area contributed by atoms with Gasteiger partial charge in [0.25, 0.3) is 0 Å². The number of benzene rings is 1. The van der Waals surface area contributed by atoms with E-state index < -0.39 is 6.30 Å². The molecule has 1 heterocycles. The van der Waals surface area contributed by atoms with Crippen molar-refractivity contribution in [2.45, 2.75) is 12.7 Å². The van der Waals surface area contributed by atoms with Gasteiger partial charge >= 0.3 is 0 Å². The van der Waals surface area contributed by atoms with E-state index in [4.69, 9.17) is 0 Å². The smallest absolute Gasteiger partial charge is 0.157 e. The van der Waals surface area contributed by atoms with Crippen LogP contribution in [-0.4, -0.2) is 37.4 Å². The van der Waals surface area contributed by atoms with Crippen LogP contribution in [0.3, 0.4) is 0 Å². The van der Waals surface area contributed by atoms with Crippen LogP contribution in [0.1, 0.15) is 5.56 Å². The molecule has 0 aliphatic carbocycles. The first kappa shape index (κ1) is 10.6. The number of nitrogens with one attached hydrogen (secondary N) is 1. The summed E-state index contributed by atoms with van der Waals surface area (Å²) in [7, 11) is 0. The van der Waals surface area contributed by atoms with Crippen molar-refractivity contribution in [2.75, 3.05) is 26.2 Å². The van der Waals surface area contributed by atoms with Gasteiger partial charge in [0.2, 0.25) is 0 Å². The summed E-state index contributed by atoms with van der Waals surface area (Å²) in [5.74, 6) is 0. The molecule has 1 aliphatic rings. The molecule has 0 amide bonds. The van der Waals surface area contributed by atoms with Crippen molar-refractivity contribution < 1.29 is 4.39 Å². The predicted octanol–water partition coefficient (Wildman–Crippen LogP) is 1.43. The molecule has 1 N–H and O–H groups in total. The minimum absolute atomic E-state index is 0.501. The monoisotopic (exact) mass is 208 g/mol. The number of alkyl halides is 1. The number of rotatable bonds is 3. The van der Waals surface area contributed by atoms with Crippen molar-refractivity contribution in [3.05, 3.63) is 35.9 Å². The molecular formula is C12H17FN2. The highest BCUT2D eigenvalue weighted by atomic mass is 19.1. The second-order valence-corrected chi connectivity index (χ2v) is 3.91. The average molecular weight is 208 g/mol. The van der Waals surface area contributed by atoms with Gasteiger partial charge < -0.3 is 5.32 Å². The molecule has 1 aromatic rings. The van der Waals surface area contributed by atoms with E-state index in [0.717, 1.165) is 31.7 Å². The average Bonchev–Trinajstić information content (AvgIpc) is 2.31. The Morgan fingerprint density at radius 3 is 2.53 bits per heavy atom. The SMILES string of the molecule is FC(Cc1ccccc1)N1CCNCC1. The molecule has 1 saturated heterocycles. The van der Waals surface area contributed by atoms with Crippen LogP contribution < -0.4 is 5.32 Å². The molecule has 3 heteroatoms. The molecule has 82 valence electrons. The maximum absolute atomic E-state index is 13.9. The van der Waals surface area contributed by atoms with Crippen LogP contribution in [0.2, 0.25) is 0 Å². The largest absolute Gasteiger partial charge is 0.314 e. The van der Waals surface area contributed by atoms with E-state index in [-0.39, 0.29) is 0 Å².